The number of methoxy groups -OCH3 is 1. The molecule has 0 aliphatic carbocycles. The molecule has 3 aliphatic heterocycles. The van der Waals surface area contributed by atoms with Gasteiger partial charge in [0.15, 0.2) is 12.6 Å². The maximum Gasteiger partial charge on any atom is 0.185 e. The van der Waals surface area contributed by atoms with Crippen LogP contribution in [0, 0.1) is 23.7 Å². The van der Waals surface area contributed by atoms with Gasteiger partial charge < -0.3 is 64.1 Å². The van der Waals surface area contributed by atoms with Crippen molar-refractivity contribution in [3.05, 3.63) is 42.0 Å². The molecule has 0 bridgehead atoms. The Hall–Kier alpha value is -2.23. The van der Waals surface area contributed by atoms with Crippen molar-refractivity contribution >= 4 is 0 Å². The zero-order valence-electron chi connectivity index (χ0n) is 40.7. The molecule has 0 spiro atoms. The number of hydrogen-bond acceptors (Lipinski definition) is 16. The van der Waals surface area contributed by atoms with Crippen LogP contribution in [-0.2, 0) is 36.6 Å². The lowest BCUT2D eigenvalue weighted by molar-refractivity contribution is -0.307. The Balaban J connectivity index is 1.48. The first-order valence-electron chi connectivity index (χ1n) is 23.5. The van der Waals surface area contributed by atoms with Crippen LogP contribution >= 0.6 is 0 Å². The van der Waals surface area contributed by atoms with Crippen LogP contribution in [0.4, 0.5) is 0 Å². The number of likely N-dealkylation sites (N-methyl/N-ethyl adjacent to an activating group) is 2. The summed E-state index contributed by atoms with van der Waals surface area (Å²) in [4.78, 5) is 8.44. The van der Waals surface area contributed by atoms with Crippen LogP contribution in [0.1, 0.15) is 106 Å². The van der Waals surface area contributed by atoms with Crippen molar-refractivity contribution < 1.29 is 54.3 Å². The molecule has 5 heterocycles. The highest BCUT2D eigenvalue weighted by atomic mass is 16.7. The molecule has 0 amide bonds. The average Bonchev–Trinajstić information content (AvgIpc) is 3.69. The van der Waals surface area contributed by atoms with Crippen LogP contribution < -0.4 is 0 Å². The molecular formula is C47H82N6O11. The number of aliphatic hydroxyl groups excluding tert-OH is 4. The number of aromatic nitrogens is 4. The van der Waals surface area contributed by atoms with Gasteiger partial charge in [0.2, 0.25) is 0 Å². The predicted octanol–water partition coefficient (Wildman–Crippen LogP) is 2.61. The first-order valence-corrected chi connectivity index (χ1v) is 23.5. The summed E-state index contributed by atoms with van der Waals surface area (Å²) in [6, 6.07) is 4.87. The van der Waals surface area contributed by atoms with Crippen molar-refractivity contribution in [2.45, 2.75) is 198 Å². The van der Waals surface area contributed by atoms with E-state index in [-0.39, 0.29) is 30.9 Å². The second kappa shape index (κ2) is 21.8. The molecule has 3 aliphatic rings. The van der Waals surface area contributed by atoms with Crippen LogP contribution in [0.25, 0.3) is 0 Å². The maximum atomic E-state index is 12.9. The van der Waals surface area contributed by atoms with Gasteiger partial charge in [-0.2, -0.15) is 0 Å². The lowest BCUT2D eigenvalue weighted by Gasteiger charge is -2.52. The third kappa shape index (κ3) is 12.1. The number of hydrogen-bond donors (Lipinski definition) is 6. The van der Waals surface area contributed by atoms with Gasteiger partial charge in [0, 0.05) is 63.4 Å². The van der Waals surface area contributed by atoms with E-state index in [1.165, 1.54) is 6.92 Å². The molecule has 0 aromatic carbocycles. The normalized spacial score (nSPS) is 43.8. The highest BCUT2D eigenvalue weighted by Crippen LogP contribution is 2.45. The fourth-order valence-electron chi connectivity index (χ4n) is 11.0. The lowest BCUT2D eigenvalue weighted by atomic mass is 9.68. The number of rotatable bonds is 11. The Morgan fingerprint density at radius 1 is 0.922 bits per heavy atom. The molecule has 64 heavy (non-hydrogen) atoms. The highest BCUT2D eigenvalue weighted by molar-refractivity contribution is 5.06. The Morgan fingerprint density at radius 2 is 1.62 bits per heavy atom. The Labute approximate surface area is 381 Å². The highest BCUT2D eigenvalue weighted by Gasteiger charge is 2.55. The van der Waals surface area contributed by atoms with E-state index < -0.39 is 95.9 Å². The van der Waals surface area contributed by atoms with Crippen molar-refractivity contribution in [1.29, 1.82) is 0 Å². The predicted molar refractivity (Wildman–Crippen MR) is 240 cm³/mol. The van der Waals surface area contributed by atoms with E-state index in [0.717, 1.165) is 11.4 Å². The quantitative estimate of drug-likeness (QED) is 0.191. The van der Waals surface area contributed by atoms with Crippen molar-refractivity contribution in [1.82, 2.24) is 29.8 Å². The zero-order chi connectivity index (χ0) is 47.5. The van der Waals surface area contributed by atoms with E-state index in [4.69, 9.17) is 23.7 Å². The number of nitrogens with zero attached hydrogens (tertiary/aromatic N) is 6. The van der Waals surface area contributed by atoms with Crippen LogP contribution in [0.5, 0.6) is 0 Å². The fourth-order valence-corrected chi connectivity index (χ4v) is 11.0. The minimum absolute atomic E-state index is 0.141. The lowest BCUT2D eigenvalue weighted by Crippen LogP contribution is -2.62. The Bertz CT molecular complexity index is 1720. The monoisotopic (exact) mass is 907 g/mol. The molecule has 3 fully saturated rings. The van der Waals surface area contributed by atoms with Crippen LogP contribution in [0.3, 0.4) is 0 Å². The molecule has 2 aromatic heterocycles. The maximum absolute atomic E-state index is 12.9. The number of ether oxygens (including phenoxy) is 5. The molecule has 0 saturated carbocycles. The number of aliphatic hydroxyl groups is 6. The summed E-state index contributed by atoms with van der Waals surface area (Å²) in [6.45, 7) is 19.9. The first-order chi connectivity index (χ1) is 29.9. The molecule has 0 radical (unpaired) electrons. The molecule has 17 nitrogen and oxygen atoms in total. The largest absolute Gasteiger partial charge is 0.388 e. The molecule has 366 valence electrons. The molecule has 2 unspecified atom stereocenters. The van der Waals surface area contributed by atoms with Crippen molar-refractivity contribution in [3.63, 3.8) is 0 Å². The first kappa shape index (κ1) is 52.7. The Morgan fingerprint density at radius 3 is 2.27 bits per heavy atom. The van der Waals surface area contributed by atoms with Crippen LogP contribution in [0.15, 0.2) is 30.6 Å². The average molecular weight is 907 g/mol. The van der Waals surface area contributed by atoms with Gasteiger partial charge in [-0.3, -0.25) is 4.98 Å². The second-order valence-electron chi connectivity index (χ2n) is 20.4. The number of pyridine rings is 1. The van der Waals surface area contributed by atoms with E-state index in [2.05, 4.69) is 20.2 Å². The molecule has 2 aromatic rings. The zero-order valence-corrected chi connectivity index (χ0v) is 40.7. The molecular weight excluding hydrogens is 825 g/mol. The van der Waals surface area contributed by atoms with E-state index in [1.807, 2.05) is 91.9 Å². The summed E-state index contributed by atoms with van der Waals surface area (Å²) in [6.07, 6.45) is -3.89. The summed E-state index contributed by atoms with van der Waals surface area (Å²) in [5, 5.41) is 80.8. The molecule has 3 saturated heterocycles. The molecule has 17 heteroatoms. The minimum atomic E-state index is -1.74. The minimum Gasteiger partial charge on any atom is -0.388 e. The SMILES string of the molecule is CC[C@H]1OC(O)[C@H](C)[C@@H](C2C[C@@](C)(OC)[C@@H](O)[C@H](C)O2)[C@H](C)[C@@H](O[C@@H]2O[C@H](C)C[C@H](N(C)CCc3cn(Cc4ccccn4)nn3)[C@H]2O)[C@](C)(O)C[C@@H](C)CN(C)[C@H](C)[C@@H](O)[C@]1(C)O. The summed E-state index contributed by atoms with van der Waals surface area (Å²) in [7, 11) is 5.39. The fraction of sp³-hybridized carbons (Fsp3) is 0.851. The van der Waals surface area contributed by atoms with Gasteiger partial charge in [-0.15, -0.1) is 5.10 Å². The van der Waals surface area contributed by atoms with Gasteiger partial charge in [0.1, 0.15) is 23.9 Å². The van der Waals surface area contributed by atoms with E-state index in [0.29, 0.717) is 38.9 Å². The van der Waals surface area contributed by atoms with E-state index in [9.17, 15) is 30.6 Å². The molecule has 6 N–H and O–H groups in total. The molecule has 19 atom stereocenters. The van der Waals surface area contributed by atoms with Gasteiger partial charge in [-0.1, -0.05) is 39.0 Å². The van der Waals surface area contributed by atoms with E-state index >= 15 is 0 Å². The van der Waals surface area contributed by atoms with Crippen LogP contribution in [-0.4, -0.2) is 185 Å². The van der Waals surface area contributed by atoms with Crippen molar-refractivity contribution in [2.24, 2.45) is 23.7 Å². The van der Waals surface area contributed by atoms with Gasteiger partial charge in [0.05, 0.1) is 59.7 Å². The topological polar surface area (TPSA) is 218 Å². The van der Waals surface area contributed by atoms with Gasteiger partial charge >= 0.3 is 0 Å². The summed E-state index contributed by atoms with van der Waals surface area (Å²) < 4.78 is 34.2. The van der Waals surface area contributed by atoms with Gasteiger partial charge in [0.25, 0.3) is 0 Å². The Kier molecular flexibility index (Phi) is 18.0. The second-order valence-corrected chi connectivity index (χ2v) is 20.4. The standard InChI is InChI=1S/C47H82N6O11/c1-14-37-47(10,59)40(55)31(6)52(12)24-27(2)22-45(8,58)42(29(4)38(30(5)43(57)63-37)36-23-46(9,60-13)41(56)32(7)62-36)64-44-39(54)35(21-28(3)61-44)51(11)20-18-34-26-53(50-49-34)25-33-17-15-16-19-48-33/h15-17,19,26-32,35-44,54-59H,14,18,20-25H2,1-13H3/t27-,28-,29+,30-,31-,32+,35+,36?,37-,38+,39-,40-,41+,42-,43?,44+,45-,46-,47-/m1/s1. The smallest absolute Gasteiger partial charge is 0.185 e. The summed E-state index contributed by atoms with van der Waals surface area (Å²) in [5.41, 5.74) is -2.61. The molecule has 5 rings (SSSR count). The summed E-state index contributed by atoms with van der Waals surface area (Å²) in [5.74, 6) is -2.08. The third-order valence-electron chi connectivity index (χ3n) is 15.0. The van der Waals surface area contributed by atoms with Crippen molar-refractivity contribution in [3.8, 4) is 0 Å². The van der Waals surface area contributed by atoms with Crippen LogP contribution in [0.2, 0.25) is 0 Å². The van der Waals surface area contributed by atoms with Crippen molar-refractivity contribution in [2.75, 3.05) is 34.3 Å². The van der Waals surface area contributed by atoms with E-state index in [1.54, 1.807) is 31.8 Å². The summed E-state index contributed by atoms with van der Waals surface area (Å²) >= 11 is 0. The van der Waals surface area contributed by atoms with Gasteiger partial charge in [-0.25, -0.2) is 4.68 Å². The third-order valence-corrected chi connectivity index (χ3v) is 15.0. The van der Waals surface area contributed by atoms with Gasteiger partial charge in [-0.05, 0) is 105 Å².